The number of aliphatic hydroxyl groups excluding tert-OH is 1. The molecule has 1 unspecified atom stereocenters. The fraction of sp³-hybridized carbons (Fsp3) is 0.615. The lowest BCUT2D eigenvalue weighted by Crippen LogP contribution is -2.38. The minimum absolute atomic E-state index is 0.0131. The normalized spacial score (nSPS) is 14.5. The Morgan fingerprint density at radius 1 is 1.44 bits per heavy atom. The smallest absolute Gasteiger partial charge is 0.247 e. The number of rotatable bonds is 6. The molecule has 0 spiro atoms. The van der Waals surface area contributed by atoms with Crippen molar-refractivity contribution < 1.29 is 9.90 Å². The van der Waals surface area contributed by atoms with Crippen molar-refractivity contribution in [2.75, 3.05) is 6.61 Å². The molecular formula is C13H23NO2. The molecular weight excluding hydrogens is 202 g/mol. The lowest BCUT2D eigenvalue weighted by atomic mass is 10.0. The lowest BCUT2D eigenvalue weighted by molar-refractivity contribution is -0.118. The van der Waals surface area contributed by atoms with E-state index >= 15 is 0 Å². The zero-order valence-electron chi connectivity index (χ0n) is 10.7. The summed E-state index contributed by atoms with van der Waals surface area (Å²) in [6.07, 6.45) is 6.25. The number of carbonyl (C=O) groups excluding carboxylic acids is 1. The van der Waals surface area contributed by atoms with E-state index in [-0.39, 0.29) is 18.6 Å². The van der Waals surface area contributed by atoms with E-state index in [1.807, 2.05) is 19.1 Å². The van der Waals surface area contributed by atoms with Gasteiger partial charge in [0.2, 0.25) is 5.91 Å². The first kappa shape index (κ1) is 14.9. The van der Waals surface area contributed by atoms with Crippen molar-refractivity contribution >= 4 is 5.91 Å². The van der Waals surface area contributed by atoms with Gasteiger partial charge in [0.25, 0.3) is 0 Å². The fourth-order valence-electron chi connectivity index (χ4n) is 1.36. The minimum atomic E-state index is -0.151. The van der Waals surface area contributed by atoms with Gasteiger partial charge in [0.1, 0.15) is 0 Å². The third-order valence-electron chi connectivity index (χ3n) is 2.21. The molecule has 1 amide bonds. The largest absolute Gasteiger partial charge is 0.394 e. The van der Waals surface area contributed by atoms with Gasteiger partial charge in [-0.05, 0) is 26.2 Å². The van der Waals surface area contributed by atoms with E-state index in [1.165, 1.54) is 0 Å². The Hall–Kier alpha value is -1.09. The molecule has 0 aliphatic heterocycles. The van der Waals surface area contributed by atoms with Crippen molar-refractivity contribution in [1.82, 2.24) is 5.32 Å². The second kappa shape index (κ2) is 8.11. The average Bonchev–Trinajstić information content (AvgIpc) is 2.23. The monoisotopic (exact) mass is 225 g/mol. The minimum Gasteiger partial charge on any atom is -0.394 e. The molecule has 92 valence electrons. The van der Waals surface area contributed by atoms with Gasteiger partial charge in [-0.3, -0.25) is 4.79 Å². The average molecular weight is 225 g/mol. The molecule has 3 heteroatoms. The predicted octanol–water partition coefficient (Wildman–Crippen LogP) is 2.03. The number of aliphatic hydroxyl groups is 1. The van der Waals surface area contributed by atoms with E-state index in [1.54, 1.807) is 13.0 Å². The van der Waals surface area contributed by atoms with E-state index in [2.05, 4.69) is 19.2 Å². The molecule has 0 saturated heterocycles. The van der Waals surface area contributed by atoms with Crippen LogP contribution in [-0.4, -0.2) is 23.7 Å². The number of hydrogen-bond donors (Lipinski definition) is 2. The maximum Gasteiger partial charge on any atom is 0.247 e. The quantitative estimate of drug-likeness (QED) is 0.537. The van der Waals surface area contributed by atoms with Crippen LogP contribution in [0.4, 0.5) is 0 Å². The maximum absolute atomic E-state index is 11.7. The number of allylic oxidation sites excluding steroid dienone is 3. The summed E-state index contributed by atoms with van der Waals surface area (Å²) in [7, 11) is 0. The summed E-state index contributed by atoms with van der Waals surface area (Å²) in [5, 5.41) is 11.9. The van der Waals surface area contributed by atoms with E-state index in [0.717, 1.165) is 6.42 Å². The highest BCUT2D eigenvalue weighted by molar-refractivity contribution is 5.93. The van der Waals surface area contributed by atoms with Crippen LogP contribution < -0.4 is 5.32 Å². The molecule has 2 N–H and O–H groups in total. The van der Waals surface area contributed by atoms with Crippen LogP contribution in [0, 0.1) is 5.92 Å². The van der Waals surface area contributed by atoms with Crippen LogP contribution in [0.1, 0.15) is 34.1 Å². The second-order valence-electron chi connectivity index (χ2n) is 4.36. The highest BCUT2D eigenvalue weighted by Gasteiger charge is 2.13. The molecule has 0 heterocycles. The zero-order chi connectivity index (χ0) is 12.6. The summed E-state index contributed by atoms with van der Waals surface area (Å²) < 4.78 is 0. The molecule has 0 aromatic heterocycles. The molecule has 0 aromatic rings. The van der Waals surface area contributed by atoms with Crippen LogP contribution in [0.2, 0.25) is 0 Å². The Balaban J connectivity index is 4.29. The molecule has 0 radical (unpaired) electrons. The molecule has 3 nitrogen and oxygen atoms in total. The Labute approximate surface area is 98.2 Å². The summed E-state index contributed by atoms with van der Waals surface area (Å²) >= 11 is 0. The van der Waals surface area contributed by atoms with Gasteiger partial charge in [0, 0.05) is 5.57 Å². The standard InChI is InChI=1S/C13H23NO2/c1-5-6-7-11(4)13(16)14-12(9-15)8-10(2)3/h5-7,10,12,15H,8-9H2,1-4H3,(H,14,16). The van der Waals surface area contributed by atoms with Gasteiger partial charge in [-0.2, -0.15) is 0 Å². The van der Waals surface area contributed by atoms with Crippen molar-refractivity contribution in [3.8, 4) is 0 Å². The van der Waals surface area contributed by atoms with Gasteiger partial charge in [0.15, 0.2) is 0 Å². The van der Waals surface area contributed by atoms with E-state index in [9.17, 15) is 4.79 Å². The SMILES string of the molecule is CC=CC=C(C)C(=O)NC(CO)CC(C)C. The number of nitrogens with one attached hydrogen (secondary N) is 1. The zero-order valence-corrected chi connectivity index (χ0v) is 10.7. The predicted molar refractivity (Wildman–Crippen MR) is 67.0 cm³/mol. The highest BCUT2D eigenvalue weighted by atomic mass is 16.3. The Kier molecular flexibility index (Phi) is 7.56. The lowest BCUT2D eigenvalue weighted by Gasteiger charge is -2.18. The third kappa shape index (κ3) is 6.40. The second-order valence-corrected chi connectivity index (χ2v) is 4.36. The summed E-state index contributed by atoms with van der Waals surface area (Å²) in [5.41, 5.74) is 0.653. The number of amides is 1. The molecule has 0 aromatic carbocycles. The van der Waals surface area contributed by atoms with Crippen LogP contribution >= 0.6 is 0 Å². The van der Waals surface area contributed by atoms with Crippen molar-refractivity contribution in [3.05, 3.63) is 23.8 Å². The van der Waals surface area contributed by atoms with Gasteiger partial charge >= 0.3 is 0 Å². The van der Waals surface area contributed by atoms with Gasteiger partial charge < -0.3 is 10.4 Å². The van der Waals surface area contributed by atoms with Crippen LogP contribution in [0.5, 0.6) is 0 Å². The van der Waals surface area contributed by atoms with Crippen molar-refractivity contribution in [1.29, 1.82) is 0 Å². The van der Waals surface area contributed by atoms with Crippen molar-refractivity contribution in [2.24, 2.45) is 5.92 Å². The summed E-state index contributed by atoms with van der Waals surface area (Å²) in [6.45, 7) is 7.78. The first-order chi connectivity index (χ1) is 7.51. The summed E-state index contributed by atoms with van der Waals surface area (Å²) in [4.78, 5) is 11.7. The molecule has 0 fully saturated rings. The van der Waals surface area contributed by atoms with Gasteiger partial charge in [-0.15, -0.1) is 0 Å². The van der Waals surface area contributed by atoms with Crippen LogP contribution in [-0.2, 0) is 4.79 Å². The van der Waals surface area contributed by atoms with Crippen LogP contribution in [0.25, 0.3) is 0 Å². The molecule has 1 atom stereocenters. The van der Waals surface area contributed by atoms with Gasteiger partial charge in [-0.1, -0.05) is 32.1 Å². The first-order valence-corrected chi connectivity index (χ1v) is 5.72. The Bertz CT molecular complexity index is 267. The van der Waals surface area contributed by atoms with Crippen molar-refractivity contribution in [2.45, 2.75) is 40.2 Å². The molecule has 0 rings (SSSR count). The Morgan fingerprint density at radius 3 is 2.50 bits per heavy atom. The van der Waals surface area contributed by atoms with Crippen molar-refractivity contribution in [3.63, 3.8) is 0 Å². The summed E-state index contributed by atoms with van der Waals surface area (Å²) in [6, 6.07) is -0.151. The van der Waals surface area contributed by atoms with Gasteiger partial charge in [0.05, 0.1) is 12.6 Å². The fourth-order valence-corrected chi connectivity index (χ4v) is 1.36. The maximum atomic E-state index is 11.7. The topological polar surface area (TPSA) is 49.3 Å². The van der Waals surface area contributed by atoms with Crippen LogP contribution in [0.3, 0.4) is 0 Å². The Morgan fingerprint density at radius 2 is 2.06 bits per heavy atom. The molecule has 16 heavy (non-hydrogen) atoms. The molecule has 0 bridgehead atoms. The van der Waals surface area contributed by atoms with Gasteiger partial charge in [-0.25, -0.2) is 0 Å². The molecule has 0 aliphatic rings. The molecule has 0 aliphatic carbocycles. The number of carbonyl (C=O) groups is 1. The summed E-state index contributed by atoms with van der Waals surface area (Å²) in [5.74, 6) is 0.343. The first-order valence-electron chi connectivity index (χ1n) is 5.72. The third-order valence-corrected chi connectivity index (χ3v) is 2.21. The van der Waals surface area contributed by atoms with E-state index in [0.29, 0.717) is 11.5 Å². The van der Waals surface area contributed by atoms with Crippen LogP contribution in [0.15, 0.2) is 23.8 Å². The molecule has 0 saturated carbocycles. The number of hydrogen-bond acceptors (Lipinski definition) is 2. The van der Waals surface area contributed by atoms with E-state index < -0.39 is 0 Å². The van der Waals surface area contributed by atoms with E-state index in [4.69, 9.17) is 5.11 Å². The highest BCUT2D eigenvalue weighted by Crippen LogP contribution is 2.05.